The van der Waals surface area contributed by atoms with Crippen molar-refractivity contribution < 1.29 is 31.5 Å². The number of rotatable bonds is 7. The fraction of sp³-hybridized carbons (Fsp3) is 0.133. The van der Waals surface area contributed by atoms with Crippen molar-refractivity contribution in [3.63, 3.8) is 0 Å². The lowest BCUT2D eigenvalue weighted by Gasteiger charge is -2.10. The Bertz CT molecular complexity index is 836. The normalized spacial score (nSPS) is 11.0. The highest BCUT2D eigenvalue weighted by Crippen LogP contribution is 2.18. The molecule has 134 valence electrons. The predicted octanol–water partition coefficient (Wildman–Crippen LogP) is 1.36. The number of carbonyl (C=O) groups excluding carboxylic acids is 1. The van der Waals surface area contributed by atoms with Gasteiger partial charge in [0.2, 0.25) is 0 Å². The minimum absolute atomic E-state index is 0.346. The Morgan fingerprint density at radius 3 is 2.16 bits per heavy atom. The molecule has 25 heavy (non-hydrogen) atoms. The van der Waals surface area contributed by atoms with Gasteiger partial charge in [-0.2, -0.15) is 0 Å². The predicted molar refractivity (Wildman–Crippen MR) is 83.3 cm³/mol. The maximum atomic E-state index is 13.5. The molecule has 0 unspecified atom stereocenters. The summed E-state index contributed by atoms with van der Waals surface area (Å²) in [7, 11) is -3.12. The SMILES string of the molecule is COc1ccc(OCC(=O)NNS(=O)(=O)c2c(F)cccc2F)cc1. The van der Waals surface area contributed by atoms with Gasteiger partial charge in [-0.25, -0.2) is 17.2 Å². The van der Waals surface area contributed by atoms with Crippen molar-refractivity contribution in [2.24, 2.45) is 0 Å². The van der Waals surface area contributed by atoms with E-state index < -0.39 is 39.1 Å². The molecule has 0 atom stereocenters. The molecule has 0 saturated carbocycles. The summed E-state index contributed by atoms with van der Waals surface area (Å²) >= 11 is 0. The molecular formula is C15H14F2N2O5S. The van der Waals surface area contributed by atoms with Gasteiger partial charge in [0.05, 0.1) is 7.11 Å². The van der Waals surface area contributed by atoms with Gasteiger partial charge in [-0.3, -0.25) is 10.2 Å². The average molecular weight is 372 g/mol. The van der Waals surface area contributed by atoms with Crippen LogP contribution in [-0.4, -0.2) is 28.0 Å². The summed E-state index contributed by atoms with van der Waals surface area (Å²) in [4.78, 5) is 12.0. The molecule has 2 rings (SSSR count). The van der Waals surface area contributed by atoms with E-state index in [9.17, 15) is 22.0 Å². The lowest BCUT2D eigenvalue weighted by molar-refractivity contribution is -0.123. The zero-order valence-corrected chi connectivity index (χ0v) is 13.8. The summed E-state index contributed by atoms with van der Waals surface area (Å²) in [6, 6.07) is 8.90. The first kappa shape index (κ1) is 18.6. The summed E-state index contributed by atoms with van der Waals surface area (Å²) in [6.07, 6.45) is 0. The van der Waals surface area contributed by atoms with Crippen LogP contribution in [0.15, 0.2) is 47.4 Å². The number of benzene rings is 2. The lowest BCUT2D eigenvalue weighted by Crippen LogP contribution is -2.44. The molecule has 0 spiro atoms. The van der Waals surface area contributed by atoms with Crippen LogP contribution in [0.3, 0.4) is 0 Å². The molecule has 10 heteroatoms. The maximum Gasteiger partial charge on any atom is 0.272 e. The van der Waals surface area contributed by atoms with Crippen LogP contribution in [0.2, 0.25) is 0 Å². The van der Waals surface area contributed by atoms with Crippen LogP contribution in [0, 0.1) is 11.6 Å². The van der Waals surface area contributed by atoms with Crippen LogP contribution >= 0.6 is 0 Å². The van der Waals surface area contributed by atoms with Crippen molar-refractivity contribution in [2.45, 2.75) is 4.90 Å². The third-order valence-corrected chi connectivity index (χ3v) is 4.24. The van der Waals surface area contributed by atoms with E-state index in [1.54, 1.807) is 29.1 Å². The Kier molecular flexibility index (Phi) is 5.88. The van der Waals surface area contributed by atoms with E-state index in [1.807, 2.05) is 5.43 Å². The first-order valence-electron chi connectivity index (χ1n) is 6.85. The number of hydrogen-bond donors (Lipinski definition) is 2. The van der Waals surface area contributed by atoms with Crippen LogP contribution in [0.1, 0.15) is 0 Å². The van der Waals surface area contributed by atoms with E-state index in [0.717, 1.165) is 18.2 Å². The molecule has 0 aliphatic heterocycles. The molecule has 1 amide bonds. The third-order valence-electron chi connectivity index (χ3n) is 2.94. The number of halogens is 2. The molecule has 0 aliphatic carbocycles. The summed E-state index contributed by atoms with van der Waals surface area (Å²) in [6.45, 7) is -0.519. The van der Waals surface area contributed by atoms with Gasteiger partial charge < -0.3 is 9.47 Å². The van der Waals surface area contributed by atoms with E-state index in [0.29, 0.717) is 11.5 Å². The number of sulfonamides is 1. The smallest absolute Gasteiger partial charge is 0.272 e. The Morgan fingerprint density at radius 2 is 1.60 bits per heavy atom. The van der Waals surface area contributed by atoms with Crippen molar-refractivity contribution in [1.82, 2.24) is 10.3 Å². The number of ether oxygens (including phenoxy) is 2. The molecule has 0 aliphatic rings. The molecular weight excluding hydrogens is 358 g/mol. The Balaban J connectivity index is 1.92. The van der Waals surface area contributed by atoms with Crippen molar-refractivity contribution in [3.05, 3.63) is 54.1 Å². The summed E-state index contributed by atoms with van der Waals surface area (Å²) < 4.78 is 60.8. The van der Waals surface area contributed by atoms with Crippen molar-refractivity contribution >= 4 is 15.9 Å². The number of nitrogens with one attached hydrogen (secondary N) is 2. The Labute approximate surface area is 142 Å². The molecule has 0 radical (unpaired) electrons. The lowest BCUT2D eigenvalue weighted by atomic mass is 10.3. The highest BCUT2D eigenvalue weighted by atomic mass is 32.2. The number of carbonyl (C=O) groups is 1. The number of amides is 1. The van der Waals surface area contributed by atoms with Crippen LogP contribution in [0.5, 0.6) is 11.5 Å². The Hall–Kier alpha value is -2.72. The van der Waals surface area contributed by atoms with Crippen LogP contribution < -0.4 is 19.7 Å². The maximum absolute atomic E-state index is 13.5. The quantitative estimate of drug-likeness (QED) is 0.716. The fourth-order valence-corrected chi connectivity index (χ4v) is 2.77. The standard InChI is InChI=1S/C15H14F2N2O5S/c1-23-10-5-7-11(8-6-10)24-9-14(20)18-19-25(21,22)15-12(16)3-2-4-13(15)17/h2-8,19H,9H2,1H3,(H,18,20). The summed E-state index contributed by atoms with van der Waals surface area (Å²) in [5.41, 5.74) is 1.81. The molecule has 0 saturated heterocycles. The molecule has 2 N–H and O–H groups in total. The van der Waals surface area contributed by atoms with Gasteiger partial charge in [0, 0.05) is 0 Å². The topological polar surface area (TPSA) is 93.7 Å². The van der Waals surface area contributed by atoms with Crippen LogP contribution in [0.25, 0.3) is 0 Å². The summed E-state index contributed by atoms with van der Waals surface area (Å²) in [5, 5.41) is 0. The van der Waals surface area contributed by atoms with E-state index in [4.69, 9.17) is 9.47 Å². The largest absolute Gasteiger partial charge is 0.497 e. The van der Waals surface area contributed by atoms with Gasteiger partial charge in [0.1, 0.15) is 23.1 Å². The molecule has 2 aromatic carbocycles. The van der Waals surface area contributed by atoms with Crippen molar-refractivity contribution in [3.8, 4) is 11.5 Å². The first-order valence-corrected chi connectivity index (χ1v) is 8.33. The molecule has 0 fully saturated rings. The van der Waals surface area contributed by atoms with E-state index in [-0.39, 0.29) is 0 Å². The second kappa shape index (κ2) is 7.90. The second-order valence-electron chi connectivity index (χ2n) is 4.67. The molecule has 2 aromatic rings. The van der Waals surface area contributed by atoms with Gasteiger partial charge in [0.25, 0.3) is 15.9 Å². The Morgan fingerprint density at radius 1 is 1.04 bits per heavy atom. The number of hydrazine groups is 1. The van der Waals surface area contributed by atoms with Gasteiger partial charge in [-0.1, -0.05) is 6.07 Å². The van der Waals surface area contributed by atoms with Gasteiger partial charge in [0.15, 0.2) is 11.5 Å². The molecule has 7 nitrogen and oxygen atoms in total. The van der Waals surface area contributed by atoms with Gasteiger partial charge in [-0.15, -0.1) is 4.83 Å². The highest BCUT2D eigenvalue weighted by molar-refractivity contribution is 7.89. The monoisotopic (exact) mass is 372 g/mol. The summed E-state index contributed by atoms with van der Waals surface area (Å²) in [5.74, 6) is -2.49. The van der Waals surface area contributed by atoms with E-state index in [2.05, 4.69) is 0 Å². The number of methoxy groups -OCH3 is 1. The molecule has 0 aromatic heterocycles. The average Bonchev–Trinajstić information content (AvgIpc) is 2.58. The zero-order chi connectivity index (χ0) is 18.4. The van der Waals surface area contributed by atoms with Crippen LogP contribution in [0.4, 0.5) is 8.78 Å². The second-order valence-corrected chi connectivity index (χ2v) is 6.29. The minimum Gasteiger partial charge on any atom is -0.497 e. The van der Waals surface area contributed by atoms with Crippen molar-refractivity contribution in [2.75, 3.05) is 13.7 Å². The van der Waals surface area contributed by atoms with Gasteiger partial charge in [-0.05, 0) is 36.4 Å². The third kappa shape index (κ3) is 4.88. The molecule has 0 heterocycles. The van der Waals surface area contributed by atoms with E-state index in [1.165, 1.54) is 7.11 Å². The minimum atomic E-state index is -4.61. The number of hydrogen-bond acceptors (Lipinski definition) is 5. The first-order chi connectivity index (χ1) is 11.8. The molecule has 0 bridgehead atoms. The van der Waals surface area contributed by atoms with Crippen molar-refractivity contribution in [1.29, 1.82) is 0 Å². The van der Waals surface area contributed by atoms with Crippen LogP contribution in [-0.2, 0) is 14.8 Å². The fourth-order valence-electron chi connectivity index (χ4n) is 1.77. The van der Waals surface area contributed by atoms with Gasteiger partial charge >= 0.3 is 0 Å². The van der Waals surface area contributed by atoms with E-state index >= 15 is 0 Å². The highest BCUT2D eigenvalue weighted by Gasteiger charge is 2.24. The zero-order valence-electron chi connectivity index (χ0n) is 13.0.